The highest BCUT2D eigenvalue weighted by Crippen LogP contribution is 2.15. The van der Waals surface area contributed by atoms with Gasteiger partial charge in [0.05, 0.1) is 0 Å². The molecule has 0 heterocycles. The Hall–Kier alpha value is -3.93. The van der Waals surface area contributed by atoms with Crippen LogP contribution in [-0.4, -0.2) is 37.2 Å². The van der Waals surface area contributed by atoms with E-state index in [9.17, 15) is 14.4 Å². The molecule has 6 heteroatoms. The highest BCUT2D eigenvalue weighted by molar-refractivity contribution is 5.71. The summed E-state index contributed by atoms with van der Waals surface area (Å²) in [5, 5.41) is 0. The predicted molar refractivity (Wildman–Crippen MR) is 293 cm³/mol. The molecule has 0 saturated carbocycles. The quantitative estimate of drug-likeness (QED) is 0.0262. The first-order chi connectivity index (χ1) is 33.5. The van der Waals surface area contributed by atoms with Crippen molar-refractivity contribution in [1.29, 1.82) is 0 Å². The molecule has 0 aliphatic rings. The molecule has 0 bridgehead atoms. The van der Waals surface area contributed by atoms with Crippen LogP contribution in [0.2, 0.25) is 0 Å². The lowest BCUT2D eigenvalue weighted by atomic mass is 10.0. The Labute approximate surface area is 419 Å². The Morgan fingerprint density at radius 3 is 0.956 bits per heavy atom. The third-order valence-electron chi connectivity index (χ3n) is 11.5. The molecule has 0 spiro atoms. The molecule has 0 fully saturated rings. The minimum absolute atomic E-state index is 0.106. The Morgan fingerprint density at radius 1 is 0.309 bits per heavy atom. The molecule has 0 N–H and O–H groups in total. The van der Waals surface area contributed by atoms with Crippen LogP contribution in [0.3, 0.4) is 0 Å². The van der Waals surface area contributed by atoms with Crippen LogP contribution in [0.5, 0.6) is 0 Å². The van der Waals surface area contributed by atoms with Crippen molar-refractivity contribution < 1.29 is 28.6 Å². The standard InChI is InChI=1S/C62H102O6/c1-4-7-10-13-16-19-22-25-28-31-34-37-40-43-46-49-52-55-61(64)67-58-59(57-66-60(63)54-51-48-45-42-39-36-33-30-27-24-21-18-15-12-9-6-3)68-62(65)56-53-50-47-44-41-38-35-32-29-26-23-20-17-14-11-8-5-2/h7-8,10-11,16-17,19-20,25-26,28-29,34-35,37-38,43,46,59H,4-6,9,12-15,18,21-24,27,30-33,36,39-42,44-45,47-58H2,1-3H3/b10-7-,11-8-,19-16-,20-17-,28-25-,29-26-,37-34-,38-35-,46-43-. The fourth-order valence-electron chi connectivity index (χ4n) is 7.41. The molecule has 1 unspecified atom stereocenters. The van der Waals surface area contributed by atoms with E-state index in [1.54, 1.807) is 0 Å². The van der Waals surface area contributed by atoms with Crippen molar-refractivity contribution in [2.75, 3.05) is 13.2 Å². The minimum atomic E-state index is -0.815. The van der Waals surface area contributed by atoms with Crippen LogP contribution in [0.25, 0.3) is 0 Å². The lowest BCUT2D eigenvalue weighted by molar-refractivity contribution is -0.167. The number of ether oxygens (including phenoxy) is 3. The molecule has 0 aromatic rings. The maximum absolute atomic E-state index is 12.8. The number of rotatable bonds is 49. The maximum Gasteiger partial charge on any atom is 0.306 e. The lowest BCUT2D eigenvalue weighted by Crippen LogP contribution is -2.30. The fourth-order valence-corrected chi connectivity index (χ4v) is 7.41. The number of esters is 3. The number of unbranched alkanes of at least 4 members (excludes halogenated alkanes) is 20. The topological polar surface area (TPSA) is 78.9 Å². The zero-order chi connectivity index (χ0) is 49.3. The predicted octanol–water partition coefficient (Wildman–Crippen LogP) is 18.7. The molecule has 1 atom stereocenters. The van der Waals surface area contributed by atoms with Crippen molar-refractivity contribution in [3.8, 4) is 0 Å². The molecular formula is C62H102O6. The van der Waals surface area contributed by atoms with E-state index in [1.165, 1.54) is 83.5 Å². The Bertz CT molecular complexity index is 1410. The van der Waals surface area contributed by atoms with E-state index in [2.05, 4.69) is 130 Å². The highest BCUT2D eigenvalue weighted by atomic mass is 16.6. The van der Waals surface area contributed by atoms with E-state index in [-0.39, 0.29) is 44.0 Å². The molecule has 0 aromatic carbocycles. The van der Waals surface area contributed by atoms with Crippen LogP contribution in [0, 0.1) is 0 Å². The van der Waals surface area contributed by atoms with Crippen LogP contribution in [-0.2, 0) is 28.6 Å². The Morgan fingerprint density at radius 2 is 0.588 bits per heavy atom. The van der Waals surface area contributed by atoms with Crippen molar-refractivity contribution in [2.45, 2.75) is 252 Å². The van der Waals surface area contributed by atoms with Crippen molar-refractivity contribution in [3.63, 3.8) is 0 Å². The van der Waals surface area contributed by atoms with Gasteiger partial charge >= 0.3 is 17.9 Å². The molecule has 0 radical (unpaired) electrons. The number of hydrogen-bond donors (Lipinski definition) is 0. The van der Waals surface area contributed by atoms with E-state index in [0.717, 1.165) is 116 Å². The van der Waals surface area contributed by atoms with Gasteiger partial charge in [0, 0.05) is 19.3 Å². The molecule has 0 rings (SSSR count). The first-order valence-corrected chi connectivity index (χ1v) is 27.9. The average Bonchev–Trinajstić information content (AvgIpc) is 3.34. The largest absolute Gasteiger partial charge is 0.462 e. The maximum atomic E-state index is 12.8. The number of carbonyl (C=O) groups is 3. The minimum Gasteiger partial charge on any atom is -0.462 e. The van der Waals surface area contributed by atoms with E-state index in [4.69, 9.17) is 14.2 Å². The zero-order valence-electron chi connectivity index (χ0n) is 44.1. The van der Waals surface area contributed by atoms with Gasteiger partial charge in [-0.1, -0.05) is 239 Å². The molecule has 386 valence electrons. The molecule has 0 aliphatic heterocycles. The molecule has 68 heavy (non-hydrogen) atoms. The smallest absolute Gasteiger partial charge is 0.306 e. The third-order valence-corrected chi connectivity index (χ3v) is 11.5. The molecule has 0 aliphatic carbocycles. The highest BCUT2D eigenvalue weighted by Gasteiger charge is 2.19. The van der Waals surface area contributed by atoms with E-state index < -0.39 is 6.10 Å². The first-order valence-electron chi connectivity index (χ1n) is 27.9. The van der Waals surface area contributed by atoms with Crippen LogP contribution in [0.1, 0.15) is 245 Å². The normalized spacial score (nSPS) is 12.9. The summed E-state index contributed by atoms with van der Waals surface area (Å²) in [7, 11) is 0. The van der Waals surface area contributed by atoms with E-state index >= 15 is 0 Å². The summed E-state index contributed by atoms with van der Waals surface area (Å²) < 4.78 is 16.8. The average molecular weight is 943 g/mol. The number of allylic oxidation sites excluding steroid dienone is 18. The van der Waals surface area contributed by atoms with Crippen molar-refractivity contribution in [1.82, 2.24) is 0 Å². The second kappa shape index (κ2) is 55.7. The summed E-state index contributed by atoms with van der Waals surface area (Å²) >= 11 is 0. The third kappa shape index (κ3) is 53.0. The van der Waals surface area contributed by atoms with Gasteiger partial charge in [-0.25, -0.2) is 0 Å². The summed E-state index contributed by atoms with van der Waals surface area (Å²) in [5.41, 5.74) is 0. The molecule has 0 saturated heterocycles. The van der Waals surface area contributed by atoms with Crippen LogP contribution in [0.4, 0.5) is 0 Å². The van der Waals surface area contributed by atoms with Crippen LogP contribution >= 0.6 is 0 Å². The van der Waals surface area contributed by atoms with Gasteiger partial charge in [0.2, 0.25) is 0 Å². The van der Waals surface area contributed by atoms with E-state index in [0.29, 0.717) is 12.8 Å². The molecular weight excluding hydrogens is 841 g/mol. The Kier molecular flexibility index (Phi) is 52.4. The van der Waals surface area contributed by atoms with Crippen molar-refractivity contribution >= 4 is 17.9 Å². The zero-order valence-corrected chi connectivity index (χ0v) is 44.1. The van der Waals surface area contributed by atoms with Gasteiger partial charge < -0.3 is 14.2 Å². The van der Waals surface area contributed by atoms with Crippen LogP contribution in [0.15, 0.2) is 109 Å². The number of hydrogen-bond acceptors (Lipinski definition) is 6. The molecule has 0 amide bonds. The SMILES string of the molecule is CC/C=C\C/C=C\C/C=C\C/C=C\C/C=C\CCCC(=O)OCC(COC(=O)CCCCCCCCCCCCCCCCCC)OC(=O)CCCCCC/C=C\C/C=C\C/C=C\C/C=C\CC. The number of carbonyl (C=O) groups excluding carboxylic acids is 3. The van der Waals surface area contributed by atoms with Gasteiger partial charge in [0.15, 0.2) is 6.10 Å². The first kappa shape index (κ1) is 64.1. The van der Waals surface area contributed by atoms with Gasteiger partial charge in [0.1, 0.15) is 13.2 Å². The van der Waals surface area contributed by atoms with Crippen LogP contribution < -0.4 is 0 Å². The van der Waals surface area contributed by atoms with Gasteiger partial charge in [-0.05, 0) is 96.3 Å². The fraction of sp³-hybridized carbons (Fsp3) is 0.661. The monoisotopic (exact) mass is 943 g/mol. The lowest BCUT2D eigenvalue weighted by Gasteiger charge is -2.18. The van der Waals surface area contributed by atoms with Crippen molar-refractivity contribution in [3.05, 3.63) is 109 Å². The van der Waals surface area contributed by atoms with Gasteiger partial charge in [0.25, 0.3) is 0 Å². The van der Waals surface area contributed by atoms with Gasteiger partial charge in [-0.3, -0.25) is 14.4 Å². The van der Waals surface area contributed by atoms with Gasteiger partial charge in [-0.2, -0.15) is 0 Å². The van der Waals surface area contributed by atoms with Crippen molar-refractivity contribution in [2.24, 2.45) is 0 Å². The summed E-state index contributed by atoms with van der Waals surface area (Å²) in [4.78, 5) is 38.1. The summed E-state index contributed by atoms with van der Waals surface area (Å²) in [6.45, 7) is 6.35. The second-order valence-electron chi connectivity index (χ2n) is 18.1. The van der Waals surface area contributed by atoms with E-state index in [1.807, 2.05) is 0 Å². The summed E-state index contributed by atoms with van der Waals surface area (Å²) in [6, 6.07) is 0. The Balaban J connectivity index is 4.52. The summed E-state index contributed by atoms with van der Waals surface area (Å²) in [6.07, 6.45) is 75.1. The van der Waals surface area contributed by atoms with Gasteiger partial charge in [-0.15, -0.1) is 0 Å². The summed E-state index contributed by atoms with van der Waals surface area (Å²) in [5.74, 6) is -0.989. The molecule has 0 aromatic heterocycles. The molecule has 6 nitrogen and oxygen atoms in total. The second-order valence-corrected chi connectivity index (χ2v) is 18.1.